The quantitative estimate of drug-likeness (QED) is 0.660. The number of anilines is 1. The van der Waals surface area contributed by atoms with Gasteiger partial charge in [-0.05, 0) is 24.1 Å². The summed E-state index contributed by atoms with van der Waals surface area (Å²) in [5.74, 6) is 2.90. The van der Waals surface area contributed by atoms with Crippen molar-refractivity contribution in [1.82, 2.24) is 5.32 Å². The number of nitrogens with one attached hydrogen (secondary N) is 1. The molecule has 2 aromatic rings. The first kappa shape index (κ1) is 17.9. The van der Waals surface area contributed by atoms with Gasteiger partial charge in [-0.15, -0.1) is 0 Å². The molecule has 0 radical (unpaired) electrons. The molecule has 1 heterocycles. The molecule has 0 aromatic heterocycles. The number of para-hydroxylation sites is 1. The summed E-state index contributed by atoms with van der Waals surface area (Å²) in [6, 6.07) is 12.2. The minimum Gasteiger partial charge on any atom is -0.496 e. The number of benzene rings is 2. The van der Waals surface area contributed by atoms with Crippen LogP contribution in [-0.2, 0) is 13.0 Å². The first-order chi connectivity index (χ1) is 12.7. The predicted molar refractivity (Wildman–Crippen MR) is 104 cm³/mol. The van der Waals surface area contributed by atoms with Crippen molar-refractivity contribution >= 4 is 11.6 Å². The highest BCUT2D eigenvalue weighted by atomic mass is 16.5. The fraction of sp³-hybridized carbons (Fsp3) is 0.350. The Morgan fingerprint density at radius 2 is 1.73 bits per heavy atom. The van der Waals surface area contributed by atoms with Crippen LogP contribution in [-0.4, -0.2) is 40.9 Å². The fourth-order valence-corrected chi connectivity index (χ4v) is 3.26. The summed E-state index contributed by atoms with van der Waals surface area (Å²) >= 11 is 0. The van der Waals surface area contributed by atoms with E-state index in [1.54, 1.807) is 28.4 Å². The minimum absolute atomic E-state index is 0.564. The van der Waals surface area contributed by atoms with Crippen LogP contribution in [0.15, 0.2) is 41.4 Å². The van der Waals surface area contributed by atoms with Crippen molar-refractivity contribution in [1.29, 1.82) is 0 Å². The Labute approximate surface area is 154 Å². The smallest absolute Gasteiger partial charge is 0.198 e. The van der Waals surface area contributed by atoms with Crippen LogP contribution in [0.2, 0.25) is 0 Å². The molecule has 6 nitrogen and oxygen atoms in total. The molecule has 3 rings (SSSR count). The molecule has 0 fully saturated rings. The number of methoxy groups -OCH3 is 3. The zero-order valence-electron chi connectivity index (χ0n) is 15.7. The van der Waals surface area contributed by atoms with Gasteiger partial charge >= 0.3 is 0 Å². The number of rotatable bonds is 5. The second-order valence-electron chi connectivity index (χ2n) is 5.95. The van der Waals surface area contributed by atoms with Crippen LogP contribution < -0.4 is 24.4 Å². The lowest BCUT2D eigenvalue weighted by atomic mass is 10.1. The van der Waals surface area contributed by atoms with Crippen molar-refractivity contribution in [2.75, 3.05) is 39.8 Å². The van der Waals surface area contributed by atoms with Crippen LogP contribution in [0.1, 0.15) is 11.1 Å². The monoisotopic (exact) mass is 355 g/mol. The Balaban J connectivity index is 1.80. The highest BCUT2D eigenvalue weighted by Gasteiger charge is 2.22. The number of aliphatic imine (C=N–C) groups is 1. The van der Waals surface area contributed by atoms with Crippen LogP contribution in [0.4, 0.5) is 5.69 Å². The van der Waals surface area contributed by atoms with Crippen molar-refractivity contribution in [3.63, 3.8) is 0 Å². The van der Waals surface area contributed by atoms with Gasteiger partial charge in [0.15, 0.2) is 17.5 Å². The first-order valence-corrected chi connectivity index (χ1v) is 8.56. The number of ether oxygens (including phenoxy) is 3. The van der Waals surface area contributed by atoms with E-state index in [1.807, 2.05) is 12.1 Å². The molecule has 1 aliphatic heterocycles. The first-order valence-electron chi connectivity index (χ1n) is 8.56. The van der Waals surface area contributed by atoms with Gasteiger partial charge in [-0.2, -0.15) is 0 Å². The number of hydrogen-bond donors (Lipinski definition) is 1. The van der Waals surface area contributed by atoms with E-state index in [4.69, 9.17) is 14.2 Å². The van der Waals surface area contributed by atoms with E-state index in [9.17, 15) is 0 Å². The molecule has 0 spiro atoms. The minimum atomic E-state index is 0.564. The molecule has 0 saturated heterocycles. The molecule has 0 amide bonds. The maximum Gasteiger partial charge on any atom is 0.198 e. The Kier molecular flexibility index (Phi) is 5.51. The van der Waals surface area contributed by atoms with Crippen LogP contribution in [0.3, 0.4) is 0 Å². The molecule has 0 unspecified atom stereocenters. The molecule has 0 saturated carbocycles. The van der Waals surface area contributed by atoms with Crippen molar-refractivity contribution in [3.8, 4) is 17.2 Å². The molecule has 0 atom stereocenters. The molecular formula is C20H25N3O3. The fourth-order valence-electron chi connectivity index (χ4n) is 3.26. The summed E-state index contributed by atoms with van der Waals surface area (Å²) in [7, 11) is 6.69. The van der Waals surface area contributed by atoms with Crippen LogP contribution >= 0.6 is 0 Å². The summed E-state index contributed by atoms with van der Waals surface area (Å²) in [5.41, 5.74) is 3.53. The second kappa shape index (κ2) is 7.99. The van der Waals surface area contributed by atoms with Gasteiger partial charge in [0.2, 0.25) is 0 Å². The largest absolute Gasteiger partial charge is 0.496 e. The molecule has 0 bridgehead atoms. The van der Waals surface area contributed by atoms with Crippen LogP contribution in [0, 0.1) is 0 Å². The molecule has 26 heavy (non-hydrogen) atoms. The standard InChI is InChI=1S/C20H25N3O3/c1-21-20(23-10-9-14-7-5-6-8-16(14)23)22-13-15-11-18(25-3)19(26-4)12-17(15)24-2/h5-8,11-12H,9-10,13H2,1-4H3,(H,21,22). The topological polar surface area (TPSA) is 55.3 Å². The van der Waals surface area contributed by atoms with Gasteiger partial charge in [0.05, 0.1) is 21.3 Å². The predicted octanol–water partition coefficient (Wildman–Crippen LogP) is 2.85. The number of hydrogen-bond acceptors (Lipinski definition) is 4. The van der Waals surface area contributed by atoms with E-state index in [0.717, 1.165) is 30.2 Å². The third-order valence-electron chi connectivity index (χ3n) is 4.58. The molecule has 6 heteroatoms. The van der Waals surface area contributed by atoms with Crippen molar-refractivity contribution in [2.45, 2.75) is 13.0 Å². The van der Waals surface area contributed by atoms with Crippen LogP contribution in [0.25, 0.3) is 0 Å². The van der Waals surface area contributed by atoms with E-state index in [-0.39, 0.29) is 0 Å². The number of guanidine groups is 1. The van der Waals surface area contributed by atoms with E-state index in [2.05, 4.69) is 39.5 Å². The summed E-state index contributed by atoms with van der Waals surface area (Å²) in [6.45, 7) is 1.48. The van der Waals surface area contributed by atoms with E-state index in [1.165, 1.54) is 11.3 Å². The average Bonchev–Trinajstić information content (AvgIpc) is 3.12. The van der Waals surface area contributed by atoms with Crippen molar-refractivity contribution in [2.24, 2.45) is 4.99 Å². The lowest BCUT2D eigenvalue weighted by Crippen LogP contribution is -2.40. The molecular weight excluding hydrogens is 330 g/mol. The zero-order chi connectivity index (χ0) is 18.5. The maximum atomic E-state index is 5.51. The number of fused-ring (bicyclic) bond motifs is 1. The van der Waals surface area contributed by atoms with E-state index >= 15 is 0 Å². The molecule has 1 aliphatic rings. The molecule has 2 aromatic carbocycles. The second-order valence-corrected chi connectivity index (χ2v) is 5.95. The third kappa shape index (κ3) is 3.40. The van der Waals surface area contributed by atoms with Crippen molar-refractivity contribution in [3.05, 3.63) is 47.5 Å². The zero-order valence-corrected chi connectivity index (χ0v) is 15.7. The van der Waals surface area contributed by atoms with Crippen LogP contribution in [0.5, 0.6) is 17.2 Å². The molecule has 138 valence electrons. The summed E-state index contributed by atoms with van der Waals surface area (Å²) in [5, 5.41) is 3.43. The Morgan fingerprint density at radius 1 is 1.04 bits per heavy atom. The van der Waals surface area contributed by atoms with Gasteiger partial charge < -0.3 is 24.4 Å². The third-order valence-corrected chi connectivity index (χ3v) is 4.58. The molecule has 1 N–H and O–H groups in total. The summed E-state index contributed by atoms with van der Waals surface area (Å²) < 4.78 is 16.3. The lowest BCUT2D eigenvalue weighted by molar-refractivity contribution is 0.347. The Hall–Kier alpha value is -2.89. The van der Waals surface area contributed by atoms with Gasteiger partial charge in [0.1, 0.15) is 5.75 Å². The van der Waals surface area contributed by atoms with Gasteiger partial charge in [-0.1, -0.05) is 18.2 Å². The molecule has 0 aliphatic carbocycles. The summed E-state index contributed by atoms with van der Waals surface area (Å²) in [6.07, 6.45) is 1.02. The highest BCUT2D eigenvalue weighted by Crippen LogP contribution is 2.34. The lowest BCUT2D eigenvalue weighted by Gasteiger charge is -2.23. The van der Waals surface area contributed by atoms with E-state index < -0.39 is 0 Å². The normalized spacial score (nSPS) is 13.4. The van der Waals surface area contributed by atoms with Gasteiger partial charge in [-0.25, -0.2) is 0 Å². The van der Waals surface area contributed by atoms with Gasteiger partial charge in [0.25, 0.3) is 0 Å². The van der Waals surface area contributed by atoms with E-state index in [0.29, 0.717) is 18.0 Å². The summed E-state index contributed by atoms with van der Waals surface area (Å²) in [4.78, 5) is 6.66. The SMILES string of the molecule is CN=C(NCc1cc(OC)c(OC)cc1OC)N1CCc2ccccc21. The van der Waals surface area contributed by atoms with Gasteiger partial charge in [0, 0.05) is 37.5 Å². The Morgan fingerprint density at radius 3 is 2.42 bits per heavy atom. The van der Waals surface area contributed by atoms with Crippen molar-refractivity contribution < 1.29 is 14.2 Å². The Bertz CT molecular complexity index is 805. The number of nitrogens with zero attached hydrogens (tertiary/aromatic N) is 2. The highest BCUT2D eigenvalue weighted by molar-refractivity contribution is 5.97. The average molecular weight is 355 g/mol. The maximum absolute atomic E-state index is 5.51. The van der Waals surface area contributed by atoms with Gasteiger partial charge in [-0.3, -0.25) is 4.99 Å².